The van der Waals surface area contributed by atoms with Crippen molar-refractivity contribution >= 4 is 0 Å². The molecule has 2 N–H and O–H groups in total. The first-order valence-electron chi connectivity index (χ1n) is 9.17. The van der Waals surface area contributed by atoms with Gasteiger partial charge in [-0.05, 0) is 32.0 Å². The number of halogens is 3. The minimum Gasteiger partial charge on any atom is -0.396 e. The first-order chi connectivity index (χ1) is 12.1. The summed E-state index contributed by atoms with van der Waals surface area (Å²) < 4.78 is 48.3. The number of piperidine rings is 1. The van der Waals surface area contributed by atoms with Crippen LogP contribution in [0, 0.1) is 5.92 Å². The lowest BCUT2D eigenvalue weighted by atomic mass is 9.86. The molecule has 0 saturated carbocycles. The van der Waals surface area contributed by atoms with Crippen LogP contribution in [0.4, 0.5) is 13.2 Å². The third-order valence-corrected chi connectivity index (χ3v) is 5.59. The van der Waals surface area contributed by atoms with Crippen molar-refractivity contribution in [2.75, 3.05) is 19.7 Å². The van der Waals surface area contributed by atoms with Crippen LogP contribution in [0.25, 0.3) is 0 Å². The van der Waals surface area contributed by atoms with Crippen LogP contribution >= 0.6 is 0 Å². The van der Waals surface area contributed by atoms with E-state index in [0.717, 1.165) is 18.8 Å². The smallest absolute Gasteiger partial charge is 0.396 e. The summed E-state index contributed by atoms with van der Waals surface area (Å²) in [6, 6.07) is 1.31. The number of nitrogens with zero attached hydrogens (tertiary/aromatic N) is 2. The second kappa shape index (κ2) is 6.80. The summed E-state index contributed by atoms with van der Waals surface area (Å²) in [6.07, 6.45) is -2.09. The summed E-state index contributed by atoms with van der Waals surface area (Å²) in [5.74, 6) is -1.91. The molecule has 148 valence electrons. The van der Waals surface area contributed by atoms with Crippen molar-refractivity contribution in [2.45, 2.75) is 69.4 Å². The quantitative estimate of drug-likeness (QED) is 0.853. The van der Waals surface area contributed by atoms with Crippen LogP contribution in [0.1, 0.15) is 51.8 Å². The van der Waals surface area contributed by atoms with Crippen molar-refractivity contribution < 1.29 is 23.0 Å². The number of aromatic nitrogens is 2. The van der Waals surface area contributed by atoms with Crippen LogP contribution in [0.3, 0.4) is 0 Å². The van der Waals surface area contributed by atoms with Crippen LogP contribution in [0.2, 0.25) is 0 Å². The molecular formula is C18H28F3N3O2. The monoisotopic (exact) mass is 375 g/mol. The predicted molar refractivity (Wildman–Crippen MR) is 90.9 cm³/mol. The Balaban J connectivity index is 1.94. The molecule has 0 aromatic carbocycles. The summed E-state index contributed by atoms with van der Waals surface area (Å²) in [7, 11) is 0. The normalized spacial score (nSPS) is 27.8. The van der Waals surface area contributed by atoms with Gasteiger partial charge in [-0.2, -0.15) is 18.3 Å². The second-order valence-corrected chi connectivity index (χ2v) is 8.55. The van der Waals surface area contributed by atoms with Gasteiger partial charge in [0, 0.05) is 18.0 Å². The van der Waals surface area contributed by atoms with Gasteiger partial charge in [-0.15, -0.1) is 0 Å². The number of hydrogen-bond acceptors (Lipinski definition) is 4. The first-order valence-corrected chi connectivity index (χ1v) is 9.17. The number of rotatable bonds is 3. The summed E-state index contributed by atoms with van der Waals surface area (Å²) in [6.45, 7) is 6.52. The van der Waals surface area contributed by atoms with Gasteiger partial charge in [0.15, 0.2) is 0 Å². The van der Waals surface area contributed by atoms with Gasteiger partial charge < -0.3 is 15.2 Å². The zero-order chi connectivity index (χ0) is 19.2. The number of aliphatic hydroxyl groups is 1. The SMILES string of the molecule is CC(C)(C)c1ccn(C2CC3(CCNCC3)O[C@@H]2C(CO)C(F)(F)F)n1. The van der Waals surface area contributed by atoms with Gasteiger partial charge in [0.2, 0.25) is 0 Å². The van der Waals surface area contributed by atoms with E-state index < -0.39 is 36.4 Å². The highest BCUT2D eigenvalue weighted by atomic mass is 19.4. The Bertz CT molecular complexity index is 618. The maximum Gasteiger partial charge on any atom is 0.396 e. The zero-order valence-electron chi connectivity index (χ0n) is 15.5. The molecule has 2 fully saturated rings. The molecule has 3 atom stereocenters. The fourth-order valence-electron chi connectivity index (χ4n) is 4.03. The van der Waals surface area contributed by atoms with Crippen molar-refractivity contribution in [1.82, 2.24) is 15.1 Å². The highest BCUT2D eigenvalue weighted by Crippen LogP contribution is 2.48. The van der Waals surface area contributed by atoms with Gasteiger partial charge in [-0.25, -0.2) is 0 Å². The highest BCUT2D eigenvalue weighted by Gasteiger charge is 2.56. The van der Waals surface area contributed by atoms with Crippen LogP contribution in [0.5, 0.6) is 0 Å². The van der Waals surface area contributed by atoms with E-state index in [-0.39, 0.29) is 5.41 Å². The van der Waals surface area contributed by atoms with E-state index in [9.17, 15) is 18.3 Å². The molecule has 3 rings (SSSR count). The molecule has 0 aliphatic carbocycles. The van der Waals surface area contributed by atoms with E-state index in [0.29, 0.717) is 19.3 Å². The topological polar surface area (TPSA) is 59.3 Å². The van der Waals surface area contributed by atoms with Crippen LogP contribution in [-0.4, -0.2) is 52.5 Å². The molecule has 3 heterocycles. The predicted octanol–water partition coefficient (Wildman–Crippen LogP) is 2.80. The lowest BCUT2D eigenvalue weighted by molar-refractivity contribution is -0.226. The van der Waals surface area contributed by atoms with E-state index in [1.807, 2.05) is 26.8 Å². The molecule has 0 bridgehead atoms. The van der Waals surface area contributed by atoms with Gasteiger partial charge in [-0.3, -0.25) is 4.68 Å². The van der Waals surface area contributed by atoms with Crippen molar-refractivity contribution in [3.05, 3.63) is 18.0 Å². The molecule has 2 aliphatic heterocycles. The Morgan fingerprint density at radius 3 is 2.50 bits per heavy atom. The third-order valence-electron chi connectivity index (χ3n) is 5.59. The van der Waals surface area contributed by atoms with Crippen molar-refractivity contribution in [3.63, 3.8) is 0 Å². The molecule has 0 radical (unpaired) electrons. The maximum absolute atomic E-state index is 13.5. The first kappa shape index (κ1) is 19.6. The van der Waals surface area contributed by atoms with E-state index >= 15 is 0 Å². The van der Waals surface area contributed by atoms with Gasteiger partial charge in [0.1, 0.15) is 5.92 Å². The number of hydrogen-bond donors (Lipinski definition) is 2. The molecule has 2 saturated heterocycles. The van der Waals surface area contributed by atoms with Crippen molar-refractivity contribution in [1.29, 1.82) is 0 Å². The minimum absolute atomic E-state index is 0.187. The largest absolute Gasteiger partial charge is 0.396 e. The van der Waals surface area contributed by atoms with Crippen LogP contribution in [-0.2, 0) is 10.2 Å². The van der Waals surface area contributed by atoms with Gasteiger partial charge in [-0.1, -0.05) is 20.8 Å². The Morgan fingerprint density at radius 2 is 2.00 bits per heavy atom. The van der Waals surface area contributed by atoms with Gasteiger partial charge >= 0.3 is 6.18 Å². The number of nitrogens with one attached hydrogen (secondary N) is 1. The molecule has 5 nitrogen and oxygen atoms in total. The van der Waals surface area contributed by atoms with Crippen LogP contribution in [0.15, 0.2) is 12.3 Å². The van der Waals surface area contributed by atoms with Gasteiger partial charge in [0.05, 0.1) is 30.0 Å². The lowest BCUT2D eigenvalue weighted by Crippen LogP contribution is -2.44. The fourth-order valence-corrected chi connectivity index (χ4v) is 4.03. The van der Waals surface area contributed by atoms with E-state index in [4.69, 9.17) is 4.74 Å². The lowest BCUT2D eigenvalue weighted by Gasteiger charge is -2.34. The molecule has 26 heavy (non-hydrogen) atoms. The molecule has 8 heteroatoms. The standard InChI is InChI=1S/C18H28F3N3O2/c1-16(2,3)14-4-9-24(23-14)13-10-17(5-7-22-8-6-17)26-15(13)12(11-25)18(19,20)21/h4,9,12-13,15,22,25H,5-8,10-11H2,1-3H3/t12?,13?,15-/m1/s1. The molecule has 2 unspecified atom stereocenters. The summed E-state index contributed by atoms with van der Waals surface area (Å²) in [4.78, 5) is 0. The Kier molecular flexibility index (Phi) is 5.13. The van der Waals surface area contributed by atoms with Crippen molar-refractivity contribution in [2.24, 2.45) is 5.92 Å². The zero-order valence-corrected chi connectivity index (χ0v) is 15.5. The molecule has 1 aromatic heterocycles. The third kappa shape index (κ3) is 3.77. The number of aliphatic hydroxyl groups excluding tert-OH is 1. The van der Waals surface area contributed by atoms with E-state index in [1.54, 1.807) is 10.9 Å². The number of alkyl halides is 3. The maximum atomic E-state index is 13.5. The van der Waals surface area contributed by atoms with Gasteiger partial charge in [0.25, 0.3) is 0 Å². The fraction of sp³-hybridized carbons (Fsp3) is 0.833. The molecule has 1 spiro atoms. The molecule has 0 amide bonds. The number of ether oxygens (including phenoxy) is 1. The van der Waals surface area contributed by atoms with Crippen molar-refractivity contribution in [3.8, 4) is 0 Å². The Morgan fingerprint density at radius 1 is 1.35 bits per heavy atom. The Labute approximate surface area is 151 Å². The van der Waals surface area contributed by atoms with Crippen LogP contribution < -0.4 is 5.32 Å². The highest BCUT2D eigenvalue weighted by molar-refractivity contribution is 5.12. The summed E-state index contributed by atoms with van der Waals surface area (Å²) in [5.41, 5.74) is 0.0650. The van der Waals surface area contributed by atoms with E-state index in [2.05, 4.69) is 10.4 Å². The summed E-state index contributed by atoms with van der Waals surface area (Å²) >= 11 is 0. The average Bonchev–Trinajstić information content (AvgIpc) is 3.13. The molecular weight excluding hydrogens is 347 g/mol. The van der Waals surface area contributed by atoms with E-state index in [1.165, 1.54) is 0 Å². The average molecular weight is 375 g/mol. The molecule has 1 aromatic rings. The Hall–Kier alpha value is -1.12. The molecule has 2 aliphatic rings. The second-order valence-electron chi connectivity index (χ2n) is 8.55. The minimum atomic E-state index is -4.52. The summed E-state index contributed by atoms with van der Waals surface area (Å²) in [5, 5.41) is 17.3.